The molecule has 8 heteroatoms. The Morgan fingerprint density at radius 2 is 1.95 bits per heavy atom. The lowest BCUT2D eigenvalue weighted by atomic mass is 10.0. The number of carbonyl (C=O) groups is 1. The summed E-state index contributed by atoms with van der Waals surface area (Å²) in [7, 11) is -0.488. The summed E-state index contributed by atoms with van der Waals surface area (Å²) in [5.41, 5.74) is 0. The predicted molar refractivity (Wildman–Crippen MR) is 76.7 cm³/mol. The van der Waals surface area contributed by atoms with Crippen molar-refractivity contribution >= 4 is 15.9 Å². The van der Waals surface area contributed by atoms with E-state index in [0.717, 1.165) is 6.26 Å². The van der Waals surface area contributed by atoms with E-state index in [0.29, 0.717) is 6.42 Å². The number of hydrogen-bond donors (Lipinski definition) is 2. The number of hydrogen-bond acceptors (Lipinski definition) is 5. The molecule has 0 spiro atoms. The molecule has 2 atom stereocenters. The monoisotopic (exact) mass is 310 g/mol. The molecule has 0 saturated carbocycles. The smallest absolute Gasteiger partial charge is 0.240 e. The van der Waals surface area contributed by atoms with Crippen molar-refractivity contribution in [3.05, 3.63) is 0 Å². The van der Waals surface area contributed by atoms with Gasteiger partial charge in [-0.25, -0.2) is 13.1 Å². The minimum absolute atomic E-state index is 0.0900. The summed E-state index contributed by atoms with van der Waals surface area (Å²) in [6.45, 7) is 4.02. The van der Waals surface area contributed by atoms with Crippen LogP contribution in [-0.2, 0) is 19.6 Å². The summed E-state index contributed by atoms with van der Waals surface area (Å²) in [6, 6.07) is -0.815. The van der Waals surface area contributed by atoms with E-state index in [1.807, 2.05) is 13.8 Å². The molecule has 7 nitrogen and oxygen atoms in total. The Kier molecular flexibility index (Phi) is 8.26. The van der Waals surface area contributed by atoms with Crippen molar-refractivity contribution in [2.45, 2.75) is 32.4 Å². The van der Waals surface area contributed by atoms with Gasteiger partial charge in [-0.2, -0.15) is 0 Å². The minimum atomic E-state index is -3.47. The molecule has 0 saturated heterocycles. The summed E-state index contributed by atoms with van der Waals surface area (Å²) in [5, 5.41) is 9.61. The first kappa shape index (κ1) is 19.3. The first-order chi connectivity index (χ1) is 9.06. The fourth-order valence-electron chi connectivity index (χ4n) is 1.85. The Hall–Kier alpha value is -0.700. The van der Waals surface area contributed by atoms with Gasteiger partial charge in [-0.1, -0.05) is 13.8 Å². The molecule has 0 heterocycles. The second kappa shape index (κ2) is 8.56. The number of rotatable bonds is 9. The van der Waals surface area contributed by atoms with Crippen LogP contribution in [0.3, 0.4) is 0 Å². The van der Waals surface area contributed by atoms with Gasteiger partial charge in [0.1, 0.15) is 6.04 Å². The van der Waals surface area contributed by atoms with Crippen LogP contribution >= 0.6 is 0 Å². The van der Waals surface area contributed by atoms with E-state index in [2.05, 4.69) is 4.72 Å². The summed E-state index contributed by atoms with van der Waals surface area (Å²) in [5.74, 6) is -0.199. The van der Waals surface area contributed by atoms with Crippen LogP contribution in [0.5, 0.6) is 0 Å². The molecule has 20 heavy (non-hydrogen) atoms. The Balaban J connectivity index is 4.76. The van der Waals surface area contributed by atoms with Crippen LogP contribution in [-0.4, -0.2) is 70.0 Å². The molecule has 0 aliphatic heterocycles. The zero-order valence-electron chi connectivity index (χ0n) is 12.8. The summed E-state index contributed by atoms with van der Waals surface area (Å²) in [6.07, 6.45) is 0.621. The van der Waals surface area contributed by atoms with Crippen molar-refractivity contribution < 1.29 is 23.1 Å². The van der Waals surface area contributed by atoms with E-state index >= 15 is 0 Å². The van der Waals surface area contributed by atoms with E-state index in [4.69, 9.17) is 4.74 Å². The molecule has 0 aliphatic carbocycles. The third-order valence-electron chi connectivity index (χ3n) is 2.58. The molecular weight excluding hydrogens is 284 g/mol. The van der Waals surface area contributed by atoms with Crippen molar-refractivity contribution in [3.63, 3.8) is 0 Å². The van der Waals surface area contributed by atoms with Gasteiger partial charge in [-0.3, -0.25) is 4.79 Å². The van der Waals surface area contributed by atoms with Crippen LogP contribution in [0.25, 0.3) is 0 Å². The van der Waals surface area contributed by atoms with Crippen LogP contribution in [0, 0.1) is 5.92 Å². The molecule has 0 bridgehead atoms. The van der Waals surface area contributed by atoms with E-state index in [1.54, 1.807) is 0 Å². The van der Waals surface area contributed by atoms with E-state index in [9.17, 15) is 18.3 Å². The van der Waals surface area contributed by atoms with Crippen LogP contribution < -0.4 is 4.72 Å². The zero-order chi connectivity index (χ0) is 15.9. The Bertz CT molecular complexity index is 397. The highest BCUT2D eigenvalue weighted by molar-refractivity contribution is 7.88. The van der Waals surface area contributed by atoms with Crippen LogP contribution in [0.4, 0.5) is 0 Å². The molecule has 2 N–H and O–H groups in total. The van der Waals surface area contributed by atoms with Crippen molar-refractivity contribution in [2.75, 3.05) is 33.6 Å². The number of carbonyl (C=O) groups excluding carboxylic acids is 1. The van der Waals surface area contributed by atoms with Crippen LogP contribution in [0.1, 0.15) is 20.3 Å². The topological polar surface area (TPSA) is 95.9 Å². The quantitative estimate of drug-likeness (QED) is 0.594. The predicted octanol–water partition coefficient (Wildman–Crippen LogP) is -0.584. The van der Waals surface area contributed by atoms with Gasteiger partial charge < -0.3 is 14.7 Å². The number of aliphatic hydroxyl groups is 1. The normalized spacial score (nSPS) is 15.2. The Labute approximate surface area is 121 Å². The van der Waals surface area contributed by atoms with E-state index < -0.39 is 22.2 Å². The number of sulfonamides is 1. The Morgan fingerprint density at radius 3 is 2.35 bits per heavy atom. The lowest BCUT2D eigenvalue weighted by Crippen LogP contribution is -2.49. The number of nitrogens with zero attached hydrogens (tertiary/aromatic N) is 1. The molecule has 1 amide bonds. The van der Waals surface area contributed by atoms with Crippen molar-refractivity contribution in [2.24, 2.45) is 5.92 Å². The molecule has 0 aliphatic rings. The van der Waals surface area contributed by atoms with Gasteiger partial charge in [0.15, 0.2) is 0 Å². The van der Waals surface area contributed by atoms with Gasteiger partial charge in [-0.15, -0.1) is 0 Å². The molecule has 120 valence electrons. The number of likely N-dealkylation sites (N-methyl/N-ethyl adjacent to an activating group) is 1. The Morgan fingerprint density at radius 1 is 1.40 bits per heavy atom. The van der Waals surface area contributed by atoms with Gasteiger partial charge in [0.25, 0.3) is 0 Å². The van der Waals surface area contributed by atoms with E-state index in [1.165, 1.54) is 19.1 Å². The highest BCUT2D eigenvalue weighted by atomic mass is 32.2. The largest absolute Gasteiger partial charge is 0.389 e. The standard InChI is InChI=1S/C12H26N2O5S/c1-9(2)6-11(13-20(5,17)18)12(16)14(3)7-10(15)8-19-4/h9-11,13,15H,6-8H2,1-5H3. The maximum atomic E-state index is 12.2. The zero-order valence-corrected chi connectivity index (χ0v) is 13.6. The lowest BCUT2D eigenvalue weighted by Gasteiger charge is -2.26. The van der Waals surface area contributed by atoms with Gasteiger partial charge >= 0.3 is 0 Å². The number of ether oxygens (including phenoxy) is 1. The van der Waals surface area contributed by atoms with Crippen LogP contribution in [0.15, 0.2) is 0 Å². The first-order valence-electron chi connectivity index (χ1n) is 6.46. The fraction of sp³-hybridized carbons (Fsp3) is 0.917. The maximum Gasteiger partial charge on any atom is 0.240 e. The molecule has 0 aromatic heterocycles. The summed E-state index contributed by atoms with van der Waals surface area (Å²) in [4.78, 5) is 13.6. The second-order valence-electron chi connectivity index (χ2n) is 5.40. The molecule has 0 fully saturated rings. The highest BCUT2D eigenvalue weighted by Gasteiger charge is 2.26. The second-order valence-corrected chi connectivity index (χ2v) is 7.18. The summed E-state index contributed by atoms with van der Waals surface area (Å²) < 4.78 is 29.8. The number of nitrogens with one attached hydrogen (secondary N) is 1. The van der Waals surface area contributed by atoms with Gasteiger partial charge in [0, 0.05) is 20.7 Å². The number of methoxy groups -OCH3 is 1. The highest BCUT2D eigenvalue weighted by Crippen LogP contribution is 2.09. The summed E-state index contributed by atoms with van der Waals surface area (Å²) >= 11 is 0. The minimum Gasteiger partial charge on any atom is -0.389 e. The molecular formula is C12H26N2O5S. The molecule has 0 aromatic carbocycles. The molecule has 0 radical (unpaired) electrons. The van der Waals surface area contributed by atoms with Gasteiger partial charge in [-0.05, 0) is 12.3 Å². The van der Waals surface area contributed by atoms with Crippen molar-refractivity contribution in [3.8, 4) is 0 Å². The maximum absolute atomic E-state index is 12.2. The molecule has 0 aromatic rings. The fourth-order valence-corrected chi connectivity index (χ4v) is 2.56. The van der Waals surface area contributed by atoms with Crippen molar-refractivity contribution in [1.82, 2.24) is 9.62 Å². The first-order valence-corrected chi connectivity index (χ1v) is 8.35. The third kappa shape index (κ3) is 8.47. The van der Waals surface area contributed by atoms with E-state index in [-0.39, 0.29) is 25.0 Å². The van der Waals surface area contributed by atoms with Crippen molar-refractivity contribution in [1.29, 1.82) is 0 Å². The van der Waals surface area contributed by atoms with Gasteiger partial charge in [0.2, 0.25) is 15.9 Å². The number of aliphatic hydroxyl groups excluding tert-OH is 1. The molecule has 2 unspecified atom stereocenters. The SMILES string of the molecule is COCC(O)CN(C)C(=O)C(CC(C)C)NS(C)(=O)=O. The lowest BCUT2D eigenvalue weighted by molar-refractivity contribution is -0.133. The third-order valence-corrected chi connectivity index (χ3v) is 3.29. The van der Waals surface area contributed by atoms with Gasteiger partial charge in [0.05, 0.1) is 19.0 Å². The number of amides is 1. The average molecular weight is 310 g/mol. The average Bonchev–Trinajstić information content (AvgIpc) is 2.24. The van der Waals surface area contributed by atoms with Crippen LogP contribution in [0.2, 0.25) is 0 Å². The molecule has 0 rings (SSSR count).